The summed E-state index contributed by atoms with van der Waals surface area (Å²) < 4.78 is 0. The Morgan fingerprint density at radius 2 is 2.39 bits per heavy atom. The standard InChI is InChI=1S/C14H19ClN2O/c15-13-5-1-3-11(7-13)8-14(18)17-10-12-4-2-6-16-9-12/h1,3,5,7,12,16H,2,4,6,8-10H2,(H,17,18). The van der Waals surface area contributed by atoms with Crippen LogP contribution >= 0.6 is 11.6 Å². The summed E-state index contributed by atoms with van der Waals surface area (Å²) in [6.45, 7) is 2.89. The minimum absolute atomic E-state index is 0.0721. The van der Waals surface area contributed by atoms with Crippen LogP contribution in [0, 0.1) is 5.92 Å². The number of amides is 1. The van der Waals surface area contributed by atoms with Crippen LogP contribution < -0.4 is 10.6 Å². The van der Waals surface area contributed by atoms with Crippen LogP contribution in [0.25, 0.3) is 0 Å². The molecule has 2 rings (SSSR count). The predicted octanol–water partition coefficient (Wildman–Crippen LogP) is 2.00. The molecule has 1 saturated heterocycles. The highest BCUT2D eigenvalue weighted by molar-refractivity contribution is 6.30. The van der Waals surface area contributed by atoms with Crippen LogP contribution in [0.3, 0.4) is 0 Å². The van der Waals surface area contributed by atoms with Gasteiger partial charge in [0.1, 0.15) is 0 Å². The molecule has 1 unspecified atom stereocenters. The molecule has 1 aromatic carbocycles. The summed E-state index contributed by atoms with van der Waals surface area (Å²) in [5.74, 6) is 0.643. The molecule has 0 bridgehead atoms. The maximum atomic E-state index is 11.8. The second-order valence-electron chi connectivity index (χ2n) is 4.82. The molecule has 1 fully saturated rings. The van der Waals surface area contributed by atoms with Crippen LogP contribution in [-0.4, -0.2) is 25.5 Å². The van der Waals surface area contributed by atoms with Crippen molar-refractivity contribution < 1.29 is 4.79 Å². The van der Waals surface area contributed by atoms with Gasteiger partial charge < -0.3 is 10.6 Å². The summed E-state index contributed by atoms with van der Waals surface area (Å²) in [5, 5.41) is 7.02. The first kappa shape index (κ1) is 13.4. The Kier molecular flexibility index (Phi) is 5.02. The summed E-state index contributed by atoms with van der Waals surface area (Å²) >= 11 is 5.89. The largest absolute Gasteiger partial charge is 0.355 e. The first-order chi connectivity index (χ1) is 8.74. The lowest BCUT2D eigenvalue weighted by Gasteiger charge is -2.22. The van der Waals surface area contributed by atoms with E-state index in [1.54, 1.807) is 0 Å². The summed E-state index contributed by atoms with van der Waals surface area (Å²) in [4.78, 5) is 11.8. The van der Waals surface area contributed by atoms with Crippen molar-refractivity contribution in [3.63, 3.8) is 0 Å². The average molecular weight is 267 g/mol. The molecule has 1 atom stereocenters. The molecule has 3 nitrogen and oxygen atoms in total. The van der Waals surface area contributed by atoms with Crippen molar-refractivity contribution in [3.05, 3.63) is 34.9 Å². The maximum absolute atomic E-state index is 11.8. The Balaban J connectivity index is 1.74. The number of nitrogens with one attached hydrogen (secondary N) is 2. The van der Waals surface area contributed by atoms with Gasteiger partial charge >= 0.3 is 0 Å². The van der Waals surface area contributed by atoms with E-state index in [-0.39, 0.29) is 5.91 Å². The normalized spacial score (nSPS) is 19.5. The van der Waals surface area contributed by atoms with Crippen molar-refractivity contribution in [2.45, 2.75) is 19.3 Å². The van der Waals surface area contributed by atoms with Crippen LogP contribution in [0.2, 0.25) is 5.02 Å². The van der Waals surface area contributed by atoms with Crippen molar-refractivity contribution in [1.29, 1.82) is 0 Å². The van der Waals surface area contributed by atoms with E-state index in [1.807, 2.05) is 24.3 Å². The third kappa shape index (κ3) is 4.31. The van der Waals surface area contributed by atoms with Crippen molar-refractivity contribution in [2.24, 2.45) is 5.92 Å². The minimum Gasteiger partial charge on any atom is -0.355 e. The van der Waals surface area contributed by atoms with Crippen LogP contribution in [0.4, 0.5) is 0 Å². The Bertz CT molecular complexity index is 403. The highest BCUT2D eigenvalue weighted by atomic mass is 35.5. The lowest BCUT2D eigenvalue weighted by molar-refractivity contribution is -0.120. The molecule has 4 heteroatoms. The van der Waals surface area contributed by atoms with Crippen LogP contribution in [0.1, 0.15) is 18.4 Å². The number of rotatable bonds is 4. The summed E-state index contributed by atoms with van der Waals surface area (Å²) in [5.41, 5.74) is 0.960. The van der Waals surface area contributed by atoms with E-state index in [4.69, 9.17) is 11.6 Å². The molecule has 1 aliphatic heterocycles. The van der Waals surface area contributed by atoms with Gasteiger partial charge in [-0.3, -0.25) is 4.79 Å². The lowest BCUT2D eigenvalue weighted by Crippen LogP contribution is -2.38. The molecule has 1 amide bonds. The van der Waals surface area contributed by atoms with Crippen molar-refractivity contribution in [2.75, 3.05) is 19.6 Å². The molecule has 1 aromatic rings. The molecule has 0 radical (unpaired) electrons. The fraction of sp³-hybridized carbons (Fsp3) is 0.500. The Labute approximate surface area is 113 Å². The quantitative estimate of drug-likeness (QED) is 0.875. The second-order valence-corrected chi connectivity index (χ2v) is 5.26. The van der Waals surface area contributed by atoms with Crippen LogP contribution in [0.15, 0.2) is 24.3 Å². The summed E-state index contributed by atoms with van der Waals surface area (Å²) in [7, 11) is 0. The van der Waals surface area contributed by atoms with E-state index in [1.165, 1.54) is 12.8 Å². The number of carbonyl (C=O) groups is 1. The van der Waals surface area contributed by atoms with E-state index < -0.39 is 0 Å². The zero-order valence-electron chi connectivity index (χ0n) is 10.4. The molecule has 2 N–H and O–H groups in total. The van der Waals surface area contributed by atoms with Gasteiger partial charge in [0, 0.05) is 11.6 Å². The SMILES string of the molecule is O=C(Cc1cccc(Cl)c1)NCC1CCCNC1. The summed E-state index contributed by atoms with van der Waals surface area (Å²) in [6, 6.07) is 7.45. The maximum Gasteiger partial charge on any atom is 0.224 e. The molecular formula is C14H19ClN2O. The minimum atomic E-state index is 0.0721. The van der Waals surface area contributed by atoms with E-state index in [0.717, 1.165) is 25.2 Å². The first-order valence-corrected chi connectivity index (χ1v) is 6.83. The zero-order valence-corrected chi connectivity index (χ0v) is 11.2. The van der Waals surface area contributed by atoms with Gasteiger partial charge in [0.15, 0.2) is 0 Å². The molecule has 0 aromatic heterocycles. The Morgan fingerprint density at radius 1 is 1.50 bits per heavy atom. The van der Waals surface area contributed by atoms with Crippen molar-refractivity contribution >= 4 is 17.5 Å². The smallest absolute Gasteiger partial charge is 0.224 e. The molecule has 98 valence electrons. The number of hydrogen-bond donors (Lipinski definition) is 2. The van der Waals surface area contributed by atoms with Crippen molar-refractivity contribution in [1.82, 2.24) is 10.6 Å². The second kappa shape index (κ2) is 6.76. The van der Waals surface area contributed by atoms with Gasteiger partial charge in [0.05, 0.1) is 6.42 Å². The number of halogens is 1. The molecule has 0 spiro atoms. The lowest BCUT2D eigenvalue weighted by atomic mass is 10.00. The molecule has 18 heavy (non-hydrogen) atoms. The Morgan fingerprint density at radius 3 is 3.11 bits per heavy atom. The number of benzene rings is 1. The number of piperidine rings is 1. The highest BCUT2D eigenvalue weighted by Gasteiger charge is 2.13. The van der Waals surface area contributed by atoms with E-state index >= 15 is 0 Å². The average Bonchev–Trinajstić information content (AvgIpc) is 2.38. The van der Waals surface area contributed by atoms with Gasteiger partial charge in [-0.2, -0.15) is 0 Å². The molecular weight excluding hydrogens is 248 g/mol. The van der Waals surface area contributed by atoms with Gasteiger partial charge in [-0.15, -0.1) is 0 Å². The van der Waals surface area contributed by atoms with Gasteiger partial charge in [-0.05, 0) is 49.5 Å². The van der Waals surface area contributed by atoms with Crippen LogP contribution in [-0.2, 0) is 11.2 Å². The van der Waals surface area contributed by atoms with Gasteiger partial charge in [-0.1, -0.05) is 23.7 Å². The fourth-order valence-electron chi connectivity index (χ4n) is 2.25. The zero-order chi connectivity index (χ0) is 12.8. The Hall–Kier alpha value is -1.06. The van der Waals surface area contributed by atoms with E-state index in [9.17, 15) is 4.79 Å². The fourth-order valence-corrected chi connectivity index (χ4v) is 2.46. The topological polar surface area (TPSA) is 41.1 Å². The number of carbonyl (C=O) groups excluding carboxylic acids is 1. The van der Waals surface area contributed by atoms with Gasteiger partial charge in [0.2, 0.25) is 5.91 Å². The van der Waals surface area contributed by atoms with E-state index in [0.29, 0.717) is 17.4 Å². The molecule has 1 heterocycles. The third-order valence-corrected chi connectivity index (χ3v) is 3.48. The highest BCUT2D eigenvalue weighted by Crippen LogP contribution is 2.11. The van der Waals surface area contributed by atoms with E-state index in [2.05, 4.69) is 10.6 Å². The van der Waals surface area contributed by atoms with Crippen LogP contribution in [0.5, 0.6) is 0 Å². The van der Waals surface area contributed by atoms with Gasteiger partial charge in [0.25, 0.3) is 0 Å². The molecule has 0 aliphatic carbocycles. The summed E-state index contributed by atoms with van der Waals surface area (Å²) in [6.07, 6.45) is 2.81. The van der Waals surface area contributed by atoms with Gasteiger partial charge in [-0.25, -0.2) is 0 Å². The third-order valence-electron chi connectivity index (χ3n) is 3.24. The first-order valence-electron chi connectivity index (χ1n) is 6.46. The van der Waals surface area contributed by atoms with Crippen molar-refractivity contribution in [3.8, 4) is 0 Å². The monoisotopic (exact) mass is 266 g/mol. The molecule has 1 aliphatic rings. The number of hydrogen-bond acceptors (Lipinski definition) is 2. The predicted molar refractivity (Wildman–Crippen MR) is 73.8 cm³/mol. The molecule has 0 saturated carbocycles.